The van der Waals surface area contributed by atoms with E-state index in [0.29, 0.717) is 6.61 Å². The molecule has 0 radical (unpaired) electrons. The van der Waals surface area contributed by atoms with Crippen LogP contribution in [0.3, 0.4) is 0 Å². The first-order valence-electron chi connectivity index (χ1n) is 5.64. The van der Waals surface area contributed by atoms with Crippen LogP contribution in [0.2, 0.25) is 0 Å². The lowest BCUT2D eigenvalue weighted by molar-refractivity contribution is 0.160. The molecule has 0 aliphatic rings. The highest BCUT2D eigenvalue weighted by Crippen LogP contribution is 2.13. The van der Waals surface area contributed by atoms with Gasteiger partial charge in [0.2, 0.25) is 0 Å². The quantitative estimate of drug-likeness (QED) is 0.788. The first-order valence-corrected chi connectivity index (χ1v) is 5.64. The summed E-state index contributed by atoms with van der Waals surface area (Å²) in [5, 5.41) is 2.72. The number of anilines is 1. The van der Waals surface area contributed by atoms with Crippen LogP contribution in [0.4, 0.5) is 10.5 Å². The van der Waals surface area contributed by atoms with Gasteiger partial charge in [0, 0.05) is 5.69 Å². The minimum Gasteiger partial charge on any atom is -0.449 e. The Bertz CT molecular complexity index is 341. The van der Waals surface area contributed by atoms with Crippen LogP contribution in [-0.2, 0) is 4.74 Å². The van der Waals surface area contributed by atoms with Gasteiger partial charge in [0.25, 0.3) is 0 Å². The van der Waals surface area contributed by atoms with Gasteiger partial charge in [-0.3, -0.25) is 5.32 Å². The predicted molar refractivity (Wildman–Crippen MR) is 65.8 cm³/mol. The third-order valence-electron chi connectivity index (χ3n) is 2.20. The monoisotopic (exact) mass is 221 g/mol. The summed E-state index contributed by atoms with van der Waals surface area (Å²) in [6.45, 7) is 6.54. The van der Waals surface area contributed by atoms with Crippen LogP contribution in [0, 0.1) is 13.8 Å². The van der Waals surface area contributed by atoms with Crippen molar-refractivity contribution in [3.63, 3.8) is 0 Å². The zero-order chi connectivity index (χ0) is 12.0. The number of ether oxygens (including phenoxy) is 1. The Kier molecular flexibility index (Phi) is 4.83. The summed E-state index contributed by atoms with van der Waals surface area (Å²) in [7, 11) is 0. The lowest BCUT2D eigenvalue weighted by Gasteiger charge is -2.08. The van der Waals surface area contributed by atoms with E-state index in [2.05, 4.69) is 18.3 Å². The Hall–Kier alpha value is -1.51. The zero-order valence-corrected chi connectivity index (χ0v) is 10.2. The molecule has 0 fully saturated rings. The molecule has 1 amide bonds. The van der Waals surface area contributed by atoms with Gasteiger partial charge in [0.1, 0.15) is 0 Å². The first kappa shape index (κ1) is 12.6. The summed E-state index contributed by atoms with van der Waals surface area (Å²) in [5.74, 6) is 0. The summed E-state index contributed by atoms with van der Waals surface area (Å²) >= 11 is 0. The van der Waals surface area contributed by atoms with Gasteiger partial charge in [-0.25, -0.2) is 4.79 Å². The summed E-state index contributed by atoms with van der Waals surface area (Å²) in [6.07, 6.45) is 1.55. The van der Waals surface area contributed by atoms with Crippen molar-refractivity contribution in [2.75, 3.05) is 11.9 Å². The maximum atomic E-state index is 11.4. The van der Waals surface area contributed by atoms with Crippen LogP contribution in [0.15, 0.2) is 18.2 Å². The summed E-state index contributed by atoms with van der Waals surface area (Å²) in [5.41, 5.74) is 3.05. The zero-order valence-electron chi connectivity index (χ0n) is 10.2. The number of rotatable bonds is 4. The van der Waals surface area contributed by atoms with Crippen LogP contribution in [0.25, 0.3) is 0 Å². The second-order valence-electron chi connectivity index (χ2n) is 3.99. The van der Waals surface area contributed by atoms with Crippen LogP contribution in [0.5, 0.6) is 0 Å². The predicted octanol–water partition coefficient (Wildman–Crippen LogP) is 3.65. The third kappa shape index (κ3) is 4.34. The number of carbonyl (C=O) groups excluding carboxylic acids is 1. The molecule has 0 aromatic heterocycles. The van der Waals surface area contributed by atoms with E-state index in [1.54, 1.807) is 0 Å². The van der Waals surface area contributed by atoms with E-state index in [0.717, 1.165) is 29.7 Å². The molecule has 1 N–H and O–H groups in total. The second kappa shape index (κ2) is 6.16. The average molecular weight is 221 g/mol. The summed E-state index contributed by atoms with van der Waals surface area (Å²) < 4.78 is 5.02. The smallest absolute Gasteiger partial charge is 0.411 e. The normalized spacial score (nSPS) is 9.94. The number of carbonyl (C=O) groups is 1. The van der Waals surface area contributed by atoms with Gasteiger partial charge in [-0.1, -0.05) is 19.4 Å². The number of aryl methyl sites for hydroxylation is 2. The maximum absolute atomic E-state index is 11.4. The Morgan fingerprint density at radius 2 is 1.88 bits per heavy atom. The molecule has 1 aromatic rings. The maximum Gasteiger partial charge on any atom is 0.411 e. The summed E-state index contributed by atoms with van der Waals surface area (Å²) in [4.78, 5) is 11.4. The molecular formula is C13H19NO2. The largest absolute Gasteiger partial charge is 0.449 e. The highest BCUT2D eigenvalue weighted by atomic mass is 16.5. The molecule has 1 rings (SSSR count). The molecule has 0 saturated heterocycles. The van der Waals surface area contributed by atoms with E-state index in [1.165, 1.54) is 0 Å². The number of hydrogen-bond donors (Lipinski definition) is 1. The molecule has 0 aliphatic heterocycles. The van der Waals surface area contributed by atoms with Gasteiger partial charge in [-0.05, 0) is 43.5 Å². The van der Waals surface area contributed by atoms with Crippen molar-refractivity contribution >= 4 is 11.8 Å². The molecule has 3 heteroatoms. The Labute approximate surface area is 96.8 Å². The summed E-state index contributed by atoms with van der Waals surface area (Å²) in [6, 6.07) is 5.91. The molecule has 3 nitrogen and oxygen atoms in total. The third-order valence-corrected chi connectivity index (χ3v) is 2.20. The van der Waals surface area contributed by atoms with Gasteiger partial charge in [-0.15, -0.1) is 0 Å². The fourth-order valence-corrected chi connectivity index (χ4v) is 1.51. The minimum atomic E-state index is -0.376. The van der Waals surface area contributed by atoms with Gasteiger partial charge in [0.15, 0.2) is 0 Å². The minimum absolute atomic E-state index is 0.376. The van der Waals surface area contributed by atoms with E-state index >= 15 is 0 Å². The fourth-order valence-electron chi connectivity index (χ4n) is 1.51. The van der Waals surface area contributed by atoms with Crippen molar-refractivity contribution in [3.8, 4) is 0 Å². The number of hydrogen-bond acceptors (Lipinski definition) is 2. The van der Waals surface area contributed by atoms with Crippen molar-refractivity contribution in [1.29, 1.82) is 0 Å². The molecule has 0 saturated carbocycles. The molecule has 0 aliphatic carbocycles. The first-order chi connectivity index (χ1) is 7.61. The number of amides is 1. The van der Waals surface area contributed by atoms with E-state index in [1.807, 2.05) is 26.0 Å². The van der Waals surface area contributed by atoms with Crippen molar-refractivity contribution < 1.29 is 9.53 Å². The SMILES string of the molecule is CCCCOC(=O)Nc1cc(C)cc(C)c1. The highest BCUT2D eigenvalue weighted by molar-refractivity contribution is 5.84. The molecule has 88 valence electrons. The molecule has 0 heterocycles. The topological polar surface area (TPSA) is 38.3 Å². The molecule has 16 heavy (non-hydrogen) atoms. The Balaban J connectivity index is 2.49. The average Bonchev–Trinajstić information content (AvgIpc) is 2.16. The highest BCUT2D eigenvalue weighted by Gasteiger charge is 2.03. The Morgan fingerprint density at radius 3 is 2.44 bits per heavy atom. The lowest BCUT2D eigenvalue weighted by Crippen LogP contribution is -2.14. The van der Waals surface area contributed by atoms with Gasteiger partial charge >= 0.3 is 6.09 Å². The van der Waals surface area contributed by atoms with Crippen molar-refractivity contribution in [1.82, 2.24) is 0 Å². The van der Waals surface area contributed by atoms with Gasteiger partial charge < -0.3 is 4.74 Å². The second-order valence-corrected chi connectivity index (χ2v) is 3.99. The van der Waals surface area contributed by atoms with Gasteiger partial charge in [0.05, 0.1) is 6.61 Å². The van der Waals surface area contributed by atoms with Crippen molar-refractivity contribution in [3.05, 3.63) is 29.3 Å². The van der Waals surface area contributed by atoms with E-state index in [4.69, 9.17) is 4.74 Å². The standard InChI is InChI=1S/C13H19NO2/c1-4-5-6-16-13(15)14-12-8-10(2)7-11(3)9-12/h7-9H,4-6H2,1-3H3,(H,14,15). The van der Waals surface area contributed by atoms with Crippen molar-refractivity contribution in [2.45, 2.75) is 33.6 Å². The van der Waals surface area contributed by atoms with Crippen molar-refractivity contribution in [2.24, 2.45) is 0 Å². The van der Waals surface area contributed by atoms with Crippen LogP contribution in [-0.4, -0.2) is 12.7 Å². The fraction of sp³-hybridized carbons (Fsp3) is 0.462. The Morgan fingerprint density at radius 1 is 1.25 bits per heavy atom. The molecule has 0 atom stereocenters. The number of unbranched alkanes of at least 4 members (excludes halogenated alkanes) is 1. The lowest BCUT2D eigenvalue weighted by atomic mass is 10.1. The molecule has 0 unspecified atom stereocenters. The van der Waals surface area contributed by atoms with Crippen LogP contribution in [0.1, 0.15) is 30.9 Å². The van der Waals surface area contributed by atoms with E-state index < -0.39 is 0 Å². The molecular weight excluding hydrogens is 202 g/mol. The number of nitrogens with one attached hydrogen (secondary N) is 1. The van der Waals surface area contributed by atoms with E-state index in [-0.39, 0.29) is 6.09 Å². The molecule has 0 spiro atoms. The van der Waals surface area contributed by atoms with Crippen LogP contribution < -0.4 is 5.32 Å². The molecule has 0 bridgehead atoms. The van der Waals surface area contributed by atoms with Gasteiger partial charge in [-0.2, -0.15) is 0 Å². The van der Waals surface area contributed by atoms with Crippen LogP contribution >= 0.6 is 0 Å². The number of benzene rings is 1. The molecule has 1 aromatic carbocycles. The van der Waals surface area contributed by atoms with E-state index in [9.17, 15) is 4.79 Å².